The Morgan fingerprint density at radius 3 is 2.76 bits per heavy atom. The lowest BCUT2D eigenvalue weighted by atomic mass is 10.2. The second kappa shape index (κ2) is 7.78. The van der Waals surface area contributed by atoms with Gasteiger partial charge in [0.25, 0.3) is 0 Å². The zero-order chi connectivity index (χ0) is 15.1. The molecule has 0 saturated heterocycles. The first-order chi connectivity index (χ1) is 10.1. The third-order valence-electron chi connectivity index (χ3n) is 3.07. The lowest BCUT2D eigenvalue weighted by Gasteiger charge is -2.08. The van der Waals surface area contributed by atoms with E-state index in [4.69, 9.17) is 4.74 Å². The number of nitrogens with one attached hydrogen (secondary N) is 1. The van der Waals surface area contributed by atoms with Crippen LogP contribution in [-0.2, 0) is 20.0 Å². The van der Waals surface area contributed by atoms with Gasteiger partial charge in [0.05, 0.1) is 24.7 Å². The molecule has 0 atom stereocenters. The minimum absolute atomic E-state index is 0.637. The van der Waals surface area contributed by atoms with Gasteiger partial charge >= 0.3 is 0 Å². The molecule has 5 nitrogen and oxygen atoms in total. The first-order valence-corrected chi connectivity index (χ1v) is 7.39. The molecule has 2 heterocycles. The van der Waals surface area contributed by atoms with Crippen LogP contribution in [0.25, 0.3) is 0 Å². The molecule has 0 unspecified atom stereocenters. The third-order valence-corrected chi connectivity index (χ3v) is 3.07. The van der Waals surface area contributed by atoms with E-state index in [0.717, 1.165) is 31.0 Å². The summed E-state index contributed by atoms with van der Waals surface area (Å²) in [5, 5.41) is 7.51. The van der Waals surface area contributed by atoms with Crippen molar-refractivity contribution in [2.75, 3.05) is 13.2 Å². The predicted molar refractivity (Wildman–Crippen MR) is 83.2 cm³/mol. The Morgan fingerprint density at radius 2 is 2.14 bits per heavy atom. The largest absolute Gasteiger partial charge is 0.492 e. The van der Waals surface area contributed by atoms with Crippen LogP contribution in [0.2, 0.25) is 0 Å². The predicted octanol–water partition coefficient (Wildman–Crippen LogP) is 2.18. The van der Waals surface area contributed by atoms with Gasteiger partial charge in [-0.15, -0.1) is 0 Å². The van der Waals surface area contributed by atoms with Gasteiger partial charge in [0.15, 0.2) is 0 Å². The summed E-state index contributed by atoms with van der Waals surface area (Å²) in [5.41, 5.74) is 2.22. The summed E-state index contributed by atoms with van der Waals surface area (Å²) >= 11 is 0. The molecule has 0 spiro atoms. The Kier molecular flexibility index (Phi) is 5.75. The van der Waals surface area contributed by atoms with Crippen molar-refractivity contribution in [1.29, 1.82) is 0 Å². The monoisotopic (exact) mass is 288 g/mol. The fourth-order valence-electron chi connectivity index (χ4n) is 1.98. The fraction of sp³-hybridized carbons (Fsp3) is 0.500. The first kappa shape index (κ1) is 15.5. The van der Waals surface area contributed by atoms with Gasteiger partial charge in [-0.05, 0) is 30.2 Å². The summed E-state index contributed by atoms with van der Waals surface area (Å²) in [6.45, 7) is 6.83. The quantitative estimate of drug-likeness (QED) is 0.809. The average molecular weight is 288 g/mol. The number of hydrogen-bond donors (Lipinski definition) is 1. The molecule has 114 valence electrons. The summed E-state index contributed by atoms with van der Waals surface area (Å²) < 4.78 is 7.50. The SMILES string of the molecule is CC(C)CNCc1ccc(OCCc2cnn(C)c2)cn1. The average Bonchev–Trinajstić information content (AvgIpc) is 2.86. The fourth-order valence-corrected chi connectivity index (χ4v) is 1.98. The van der Waals surface area contributed by atoms with Gasteiger partial charge in [-0.1, -0.05) is 13.8 Å². The van der Waals surface area contributed by atoms with E-state index in [9.17, 15) is 0 Å². The van der Waals surface area contributed by atoms with E-state index < -0.39 is 0 Å². The minimum atomic E-state index is 0.637. The van der Waals surface area contributed by atoms with Crippen LogP contribution in [0.3, 0.4) is 0 Å². The van der Waals surface area contributed by atoms with Crippen LogP contribution in [0.15, 0.2) is 30.7 Å². The maximum Gasteiger partial charge on any atom is 0.137 e. The van der Waals surface area contributed by atoms with Gasteiger partial charge in [0, 0.05) is 26.2 Å². The number of nitrogens with zero attached hydrogens (tertiary/aromatic N) is 3. The van der Waals surface area contributed by atoms with Crippen molar-refractivity contribution in [3.8, 4) is 5.75 Å². The van der Waals surface area contributed by atoms with E-state index >= 15 is 0 Å². The van der Waals surface area contributed by atoms with Crippen molar-refractivity contribution < 1.29 is 4.74 Å². The molecule has 0 aliphatic heterocycles. The van der Waals surface area contributed by atoms with Crippen LogP contribution in [0.5, 0.6) is 5.75 Å². The molecular weight excluding hydrogens is 264 g/mol. The van der Waals surface area contributed by atoms with E-state index in [-0.39, 0.29) is 0 Å². The van der Waals surface area contributed by atoms with Crippen LogP contribution in [-0.4, -0.2) is 27.9 Å². The van der Waals surface area contributed by atoms with Gasteiger partial charge in [0.1, 0.15) is 5.75 Å². The summed E-state index contributed by atoms with van der Waals surface area (Å²) in [6.07, 6.45) is 6.51. The molecule has 0 bridgehead atoms. The molecule has 0 saturated carbocycles. The molecule has 0 fully saturated rings. The molecule has 0 radical (unpaired) electrons. The molecule has 0 amide bonds. The van der Waals surface area contributed by atoms with Crippen LogP contribution in [0.4, 0.5) is 0 Å². The van der Waals surface area contributed by atoms with Gasteiger partial charge in [-0.2, -0.15) is 5.10 Å². The second-order valence-corrected chi connectivity index (χ2v) is 5.63. The van der Waals surface area contributed by atoms with Crippen molar-refractivity contribution in [2.45, 2.75) is 26.8 Å². The Labute approximate surface area is 126 Å². The molecular formula is C16H24N4O. The van der Waals surface area contributed by atoms with Crippen molar-refractivity contribution in [3.05, 3.63) is 42.0 Å². The van der Waals surface area contributed by atoms with Gasteiger partial charge in [0.2, 0.25) is 0 Å². The van der Waals surface area contributed by atoms with Crippen molar-refractivity contribution >= 4 is 0 Å². The number of aryl methyl sites for hydroxylation is 1. The van der Waals surface area contributed by atoms with Gasteiger partial charge < -0.3 is 10.1 Å². The number of ether oxygens (including phenoxy) is 1. The molecule has 2 rings (SSSR count). The second-order valence-electron chi connectivity index (χ2n) is 5.63. The van der Waals surface area contributed by atoms with Gasteiger partial charge in [-0.25, -0.2) is 0 Å². The number of rotatable bonds is 8. The Bertz CT molecular complexity index is 533. The molecule has 2 aromatic heterocycles. The zero-order valence-electron chi connectivity index (χ0n) is 13.0. The summed E-state index contributed by atoms with van der Waals surface area (Å²) in [4.78, 5) is 4.40. The molecule has 21 heavy (non-hydrogen) atoms. The van der Waals surface area contributed by atoms with E-state index in [1.807, 2.05) is 31.6 Å². The van der Waals surface area contributed by atoms with E-state index in [0.29, 0.717) is 12.5 Å². The number of aromatic nitrogens is 3. The maximum atomic E-state index is 5.70. The molecule has 0 aliphatic rings. The summed E-state index contributed by atoms with van der Waals surface area (Å²) in [7, 11) is 1.92. The highest BCUT2D eigenvalue weighted by Gasteiger charge is 2.00. The van der Waals surface area contributed by atoms with Crippen LogP contribution >= 0.6 is 0 Å². The first-order valence-electron chi connectivity index (χ1n) is 7.39. The highest BCUT2D eigenvalue weighted by atomic mass is 16.5. The maximum absolute atomic E-state index is 5.70. The van der Waals surface area contributed by atoms with Crippen molar-refractivity contribution in [2.24, 2.45) is 13.0 Å². The molecule has 0 aliphatic carbocycles. The van der Waals surface area contributed by atoms with Crippen molar-refractivity contribution in [1.82, 2.24) is 20.1 Å². The molecule has 5 heteroatoms. The lowest BCUT2D eigenvalue weighted by Crippen LogP contribution is -2.19. The molecule has 1 N–H and O–H groups in total. The highest BCUT2D eigenvalue weighted by molar-refractivity contribution is 5.20. The standard InChI is InChI=1S/C16H24N4O/c1-13(2)8-17-10-15-4-5-16(11-18-15)21-7-6-14-9-19-20(3)12-14/h4-5,9,11-13,17H,6-8,10H2,1-3H3. The lowest BCUT2D eigenvalue weighted by molar-refractivity contribution is 0.320. The van der Waals surface area contributed by atoms with E-state index in [2.05, 4.69) is 29.2 Å². The van der Waals surface area contributed by atoms with E-state index in [1.54, 1.807) is 10.9 Å². The van der Waals surface area contributed by atoms with Crippen LogP contribution in [0, 0.1) is 5.92 Å². The Hall–Kier alpha value is -1.88. The third kappa shape index (κ3) is 5.55. The summed E-state index contributed by atoms with van der Waals surface area (Å²) in [6, 6.07) is 3.98. The summed E-state index contributed by atoms with van der Waals surface area (Å²) in [5.74, 6) is 1.46. The van der Waals surface area contributed by atoms with E-state index in [1.165, 1.54) is 5.56 Å². The number of pyridine rings is 1. The zero-order valence-corrected chi connectivity index (χ0v) is 13.0. The van der Waals surface area contributed by atoms with Crippen molar-refractivity contribution in [3.63, 3.8) is 0 Å². The Balaban J connectivity index is 1.72. The molecule has 0 aromatic carbocycles. The Morgan fingerprint density at radius 1 is 1.29 bits per heavy atom. The van der Waals surface area contributed by atoms with Crippen LogP contribution < -0.4 is 10.1 Å². The normalized spacial score (nSPS) is 11.0. The topological polar surface area (TPSA) is 52.0 Å². The van der Waals surface area contributed by atoms with Crippen LogP contribution in [0.1, 0.15) is 25.1 Å². The minimum Gasteiger partial charge on any atom is -0.492 e. The molecule has 2 aromatic rings. The number of hydrogen-bond acceptors (Lipinski definition) is 4. The smallest absolute Gasteiger partial charge is 0.137 e. The highest BCUT2D eigenvalue weighted by Crippen LogP contribution is 2.10. The van der Waals surface area contributed by atoms with Gasteiger partial charge in [-0.3, -0.25) is 9.67 Å².